The van der Waals surface area contributed by atoms with Gasteiger partial charge in [-0.2, -0.15) is 0 Å². The lowest BCUT2D eigenvalue weighted by molar-refractivity contribution is -0.139. The van der Waals surface area contributed by atoms with Crippen LogP contribution in [0.3, 0.4) is 0 Å². The van der Waals surface area contributed by atoms with Crippen molar-refractivity contribution < 1.29 is 17.9 Å². The minimum Gasteiger partial charge on any atom is -0.468 e. The number of alkyl halides is 1. The Morgan fingerprint density at radius 2 is 1.95 bits per heavy atom. The van der Waals surface area contributed by atoms with Crippen LogP contribution < -0.4 is 4.72 Å². The summed E-state index contributed by atoms with van der Waals surface area (Å²) in [7, 11) is -2.70. The number of carbonyl (C=O) groups is 1. The van der Waals surface area contributed by atoms with Crippen LogP contribution in [0.5, 0.6) is 0 Å². The largest absolute Gasteiger partial charge is 0.468 e. The molecule has 0 spiro atoms. The summed E-state index contributed by atoms with van der Waals surface area (Å²) in [6, 6.07) is 2.84. The number of nitrogens with one attached hydrogen (secondary N) is 1. The van der Waals surface area contributed by atoms with E-state index in [9.17, 15) is 13.2 Å². The number of hydrogen-bond acceptors (Lipinski definition) is 4. The fraction of sp³-hybridized carbons (Fsp3) is 0.300. The first-order valence-electron chi connectivity index (χ1n) is 5.05. The van der Waals surface area contributed by atoms with E-state index in [1.54, 1.807) is 22.6 Å². The van der Waals surface area contributed by atoms with Crippen molar-refractivity contribution in [2.24, 2.45) is 0 Å². The SMILES string of the molecule is COC(=O)C(I)CNS(=O)(=O)c1c(Cl)cc(Br)cc1Cl. The molecule has 0 fully saturated rings. The second-order valence-corrected chi connectivity index (χ2v) is 8.48. The Morgan fingerprint density at radius 1 is 1.45 bits per heavy atom. The summed E-state index contributed by atoms with van der Waals surface area (Å²) in [5.41, 5.74) is 0. The Hall–Kier alpha value is 0.390. The molecule has 1 atom stereocenters. The topological polar surface area (TPSA) is 72.5 Å². The van der Waals surface area contributed by atoms with Gasteiger partial charge < -0.3 is 4.74 Å². The highest BCUT2D eigenvalue weighted by atomic mass is 127. The second kappa shape index (κ2) is 7.59. The molecule has 112 valence electrons. The number of rotatable bonds is 5. The fourth-order valence-corrected chi connectivity index (χ4v) is 5.00. The quantitative estimate of drug-likeness (QED) is 0.371. The summed E-state index contributed by atoms with van der Waals surface area (Å²) in [5, 5.41) is -0.0279. The van der Waals surface area contributed by atoms with Crippen LogP contribution in [-0.2, 0) is 19.6 Å². The molecule has 0 bridgehead atoms. The van der Waals surface area contributed by atoms with Gasteiger partial charge in [-0.15, -0.1) is 0 Å². The number of ether oxygens (including phenoxy) is 1. The van der Waals surface area contributed by atoms with Crippen molar-refractivity contribution in [1.82, 2.24) is 4.72 Å². The summed E-state index contributed by atoms with van der Waals surface area (Å²) in [5.74, 6) is -0.527. The van der Waals surface area contributed by atoms with E-state index in [4.69, 9.17) is 23.2 Å². The highest BCUT2D eigenvalue weighted by Gasteiger charge is 2.25. The van der Waals surface area contributed by atoms with E-state index in [0.29, 0.717) is 4.47 Å². The van der Waals surface area contributed by atoms with Crippen molar-refractivity contribution in [2.45, 2.75) is 8.82 Å². The number of sulfonamides is 1. The lowest BCUT2D eigenvalue weighted by atomic mass is 10.4. The third-order valence-electron chi connectivity index (χ3n) is 2.14. The van der Waals surface area contributed by atoms with Gasteiger partial charge in [-0.25, -0.2) is 13.1 Å². The Morgan fingerprint density at radius 3 is 2.40 bits per heavy atom. The predicted molar refractivity (Wildman–Crippen MR) is 89.2 cm³/mol. The average molecular weight is 517 g/mol. The summed E-state index contributed by atoms with van der Waals surface area (Å²) in [6.07, 6.45) is 0. The van der Waals surface area contributed by atoms with E-state index in [2.05, 4.69) is 25.4 Å². The van der Waals surface area contributed by atoms with E-state index in [0.717, 1.165) is 0 Å². The van der Waals surface area contributed by atoms with E-state index >= 15 is 0 Å². The molecule has 0 amide bonds. The number of hydrogen-bond donors (Lipinski definition) is 1. The molecule has 10 heteroatoms. The van der Waals surface area contributed by atoms with E-state index in [1.807, 2.05) is 0 Å². The zero-order valence-corrected chi connectivity index (χ0v) is 16.1. The minimum absolute atomic E-state index is 0.0139. The molecule has 1 aromatic rings. The number of methoxy groups -OCH3 is 1. The van der Waals surface area contributed by atoms with Crippen LogP contribution in [0.4, 0.5) is 0 Å². The van der Waals surface area contributed by atoms with Gasteiger partial charge in [0.15, 0.2) is 0 Å². The van der Waals surface area contributed by atoms with Crippen LogP contribution in [0.25, 0.3) is 0 Å². The molecule has 20 heavy (non-hydrogen) atoms. The van der Waals surface area contributed by atoms with Gasteiger partial charge in [0.05, 0.1) is 17.2 Å². The van der Waals surface area contributed by atoms with Crippen LogP contribution in [0.15, 0.2) is 21.5 Å². The zero-order valence-electron chi connectivity index (χ0n) is 9.99. The molecule has 0 radical (unpaired) electrons. The van der Waals surface area contributed by atoms with Crippen LogP contribution in [0, 0.1) is 0 Å². The molecule has 0 saturated carbocycles. The molecule has 0 aromatic heterocycles. The van der Waals surface area contributed by atoms with Gasteiger partial charge in [0.2, 0.25) is 10.0 Å². The number of carbonyl (C=O) groups excluding carboxylic acids is 1. The van der Waals surface area contributed by atoms with E-state index < -0.39 is 19.9 Å². The molecular formula is C10H9BrCl2INO4S. The predicted octanol–water partition coefficient (Wildman–Crippen LogP) is 3.01. The van der Waals surface area contributed by atoms with Crippen molar-refractivity contribution in [3.05, 3.63) is 26.7 Å². The van der Waals surface area contributed by atoms with Gasteiger partial charge in [0.1, 0.15) is 8.82 Å². The van der Waals surface area contributed by atoms with Crippen molar-refractivity contribution >= 4 is 77.7 Å². The number of esters is 1. The van der Waals surface area contributed by atoms with Gasteiger partial charge in [-0.3, -0.25) is 4.79 Å². The molecule has 1 rings (SSSR count). The molecular weight excluding hydrogens is 508 g/mol. The van der Waals surface area contributed by atoms with E-state index in [-0.39, 0.29) is 21.5 Å². The molecule has 0 heterocycles. The highest BCUT2D eigenvalue weighted by Crippen LogP contribution is 2.32. The lowest BCUT2D eigenvalue weighted by Crippen LogP contribution is -2.34. The molecule has 0 aliphatic heterocycles. The molecule has 5 nitrogen and oxygen atoms in total. The normalized spacial score (nSPS) is 13.1. The molecule has 0 saturated heterocycles. The smallest absolute Gasteiger partial charge is 0.319 e. The molecule has 1 unspecified atom stereocenters. The molecule has 0 aliphatic carbocycles. The summed E-state index contributed by atoms with van der Waals surface area (Å²) >= 11 is 16.7. The lowest BCUT2D eigenvalue weighted by Gasteiger charge is -2.12. The fourth-order valence-electron chi connectivity index (χ4n) is 1.25. The van der Waals surface area contributed by atoms with Crippen molar-refractivity contribution in [3.8, 4) is 0 Å². The Labute approximate surface area is 148 Å². The maximum atomic E-state index is 12.1. The summed E-state index contributed by atoms with van der Waals surface area (Å²) in [4.78, 5) is 11.0. The minimum atomic E-state index is -3.92. The second-order valence-electron chi connectivity index (χ2n) is 3.54. The summed E-state index contributed by atoms with van der Waals surface area (Å²) < 4.78 is 31.0. The highest BCUT2D eigenvalue weighted by molar-refractivity contribution is 14.1. The van der Waals surface area contributed by atoms with Crippen LogP contribution >= 0.6 is 61.7 Å². The number of halogens is 4. The third kappa shape index (κ3) is 4.70. The monoisotopic (exact) mass is 515 g/mol. The van der Waals surface area contributed by atoms with Gasteiger partial charge in [0.25, 0.3) is 0 Å². The first-order chi connectivity index (χ1) is 9.19. The van der Waals surface area contributed by atoms with Crippen molar-refractivity contribution in [3.63, 3.8) is 0 Å². The standard InChI is InChI=1S/C10H9BrCl2INO4S/c1-19-10(16)8(14)4-15-20(17,18)9-6(12)2-5(11)3-7(9)13/h2-3,8,15H,4H2,1H3. The van der Waals surface area contributed by atoms with Crippen LogP contribution in [0.1, 0.15) is 0 Å². The van der Waals surface area contributed by atoms with Gasteiger partial charge in [-0.1, -0.05) is 61.7 Å². The first-order valence-corrected chi connectivity index (χ1v) is 9.33. The van der Waals surface area contributed by atoms with Gasteiger partial charge in [-0.05, 0) is 12.1 Å². The van der Waals surface area contributed by atoms with Gasteiger partial charge >= 0.3 is 5.97 Å². The van der Waals surface area contributed by atoms with Crippen LogP contribution in [0.2, 0.25) is 10.0 Å². The number of benzene rings is 1. The summed E-state index contributed by atoms with van der Waals surface area (Å²) in [6.45, 7) is -0.127. The zero-order chi connectivity index (χ0) is 15.5. The Kier molecular flexibility index (Phi) is 7.00. The maximum absolute atomic E-state index is 12.1. The maximum Gasteiger partial charge on any atom is 0.319 e. The molecule has 0 aliphatic rings. The Bertz CT molecular complexity index is 603. The molecule has 1 N–H and O–H groups in total. The first kappa shape index (κ1) is 18.4. The average Bonchev–Trinajstić information content (AvgIpc) is 2.33. The Balaban J connectivity index is 2.98. The van der Waals surface area contributed by atoms with Crippen LogP contribution in [-0.4, -0.2) is 32.0 Å². The third-order valence-corrected chi connectivity index (χ3v) is 5.89. The van der Waals surface area contributed by atoms with Gasteiger partial charge in [0, 0.05) is 11.0 Å². The van der Waals surface area contributed by atoms with Crippen molar-refractivity contribution in [2.75, 3.05) is 13.7 Å². The van der Waals surface area contributed by atoms with E-state index in [1.165, 1.54) is 19.2 Å². The molecule has 1 aromatic carbocycles. The van der Waals surface area contributed by atoms with Crippen molar-refractivity contribution in [1.29, 1.82) is 0 Å².